The van der Waals surface area contributed by atoms with Crippen LogP contribution in [-0.4, -0.2) is 35.6 Å². The number of hydrogen-bond acceptors (Lipinski definition) is 5. The highest BCUT2D eigenvalue weighted by Gasteiger charge is 2.16. The number of pyridine rings is 1. The molecular weight excluding hydrogens is 238 g/mol. The second kappa shape index (κ2) is 6.39. The van der Waals surface area contributed by atoms with Gasteiger partial charge in [0.05, 0.1) is 5.69 Å². The fourth-order valence-electron chi connectivity index (χ4n) is 2.40. The van der Waals surface area contributed by atoms with E-state index in [9.17, 15) is 0 Å². The second-order valence-electron chi connectivity index (χ2n) is 5.07. The minimum atomic E-state index is 0.288. The number of rotatable bonds is 4. The predicted octanol–water partition coefficient (Wildman–Crippen LogP) is 1.82. The number of anilines is 2. The maximum atomic E-state index is 8.90. The zero-order valence-corrected chi connectivity index (χ0v) is 11.4. The van der Waals surface area contributed by atoms with Gasteiger partial charge in [-0.05, 0) is 45.0 Å². The molecule has 0 radical (unpaired) electrons. The highest BCUT2D eigenvalue weighted by Crippen LogP contribution is 2.14. The first-order valence-electron chi connectivity index (χ1n) is 6.85. The molecule has 0 spiro atoms. The lowest BCUT2D eigenvalue weighted by Crippen LogP contribution is -2.41. The third-order valence-electron chi connectivity index (χ3n) is 3.62. The van der Waals surface area contributed by atoms with Crippen molar-refractivity contribution in [3.63, 3.8) is 0 Å². The zero-order chi connectivity index (χ0) is 13.7. The summed E-state index contributed by atoms with van der Waals surface area (Å²) in [6.45, 7) is 5.42. The van der Waals surface area contributed by atoms with Gasteiger partial charge >= 0.3 is 0 Å². The number of aromatic nitrogens is 1. The number of likely N-dealkylation sites (tertiary alicyclic amines) is 1. The Labute approximate surface area is 114 Å². The molecule has 5 heteroatoms. The van der Waals surface area contributed by atoms with Gasteiger partial charge in [-0.1, -0.05) is 6.42 Å². The fraction of sp³-hybridized carbons (Fsp3) is 0.571. The van der Waals surface area contributed by atoms with Crippen LogP contribution in [0.3, 0.4) is 0 Å². The van der Waals surface area contributed by atoms with Gasteiger partial charge in [-0.25, -0.2) is 4.98 Å². The summed E-state index contributed by atoms with van der Waals surface area (Å²) in [5, 5.41) is 12.2. The van der Waals surface area contributed by atoms with Crippen LogP contribution in [0.2, 0.25) is 0 Å². The van der Waals surface area contributed by atoms with Crippen molar-refractivity contribution in [2.45, 2.75) is 32.2 Å². The van der Waals surface area contributed by atoms with E-state index in [1.165, 1.54) is 32.4 Å². The molecule has 1 aliphatic heterocycles. The summed E-state index contributed by atoms with van der Waals surface area (Å²) in [6.07, 6.45) is 3.94. The molecule has 1 fully saturated rings. The smallest absolute Gasteiger partial charge is 0.165 e. The van der Waals surface area contributed by atoms with Crippen LogP contribution in [0.25, 0.3) is 0 Å². The molecule has 5 nitrogen and oxygen atoms in total. The summed E-state index contributed by atoms with van der Waals surface area (Å²) >= 11 is 0. The molecule has 2 heterocycles. The molecule has 0 bridgehead atoms. The van der Waals surface area contributed by atoms with Crippen molar-refractivity contribution >= 4 is 11.5 Å². The van der Waals surface area contributed by atoms with Gasteiger partial charge in [0.2, 0.25) is 0 Å². The van der Waals surface area contributed by atoms with Crippen molar-refractivity contribution in [3.8, 4) is 6.07 Å². The Morgan fingerprint density at radius 2 is 2.16 bits per heavy atom. The van der Waals surface area contributed by atoms with Crippen LogP contribution in [-0.2, 0) is 0 Å². The summed E-state index contributed by atoms with van der Waals surface area (Å²) in [5.74, 6) is 0.717. The molecule has 1 atom stereocenters. The van der Waals surface area contributed by atoms with Crippen molar-refractivity contribution in [1.82, 2.24) is 9.88 Å². The summed E-state index contributed by atoms with van der Waals surface area (Å²) in [7, 11) is 0. The van der Waals surface area contributed by atoms with Crippen molar-refractivity contribution in [2.24, 2.45) is 0 Å². The third kappa shape index (κ3) is 3.58. The van der Waals surface area contributed by atoms with Crippen LogP contribution in [0.15, 0.2) is 12.1 Å². The SMILES string of the molecule is CC(CNc1ccc(N)c(C#N)n1)N1CCCCC1. The molecule has 0 amide bonds. The average Bonchev–Trinajstić information content (AvgIpc) is 2.47. The highest BCUT2D eigenvalue weighted by atomic mass is 15.2. The van der Waals surface area contributed by atoms with Crippen LogP contribution in [0.4, 0.5) is 11.5 Å². The topological polar surface area (TPSA) is 78.0 Å². The quantitative estimate of drug-likeness (QED) is 0.862. The van der Waals surface area contributed by atoms with E-state index in [0.29, 0.717) is 11.7 Å². The van der Waals surface area contributed by atoms with Gasteiger partial charge < -0.3 is 11.1 Å². The van der Waals surface area contributed by atoms with E-state index in [1.54, 1.807) is 6.07 Å². The van der Waals surface area contributed by atoms with E-state index >= 15 is 0 Å². The number of nitrogens with one attached hydrogen (secondary N) is 1. The molecule has 1 aromatic rings. The number of piperidine rings is 1. The van der Waals surface area contributed by atoms with Gasteiger partial charge in [0.25, 0.3) is 0 Å². The van der Waals surface area contributed by atoms with Crippen molar-refractivity contribution < 1.29 is 0 Å². The van der Waals surface area contributed by atoms with E-state index in [0.717, 1.165) is 12.4 Å². The van der Waals surface area contributed by atoms with Crippen LogP contribution >= 0.6 is 0 Å². The summed E-state index contributed by atoms with van der Waals surface area (Å²) < 4.78 is 0. The Kier molecular flexibility index (Phi) is 4.58. The van der Waals surface area contributed by atoms with Crippen LogP contribution < -0.4 is 11.1 Å². The molecule has 1 unspecified atom stereocenters. The molecule has 0 aliphatic carbocycles. The summed E-state index contributed by atoms with van der Waals surface area (Å²) in [5.41, 5.74) is 6.37. The summed E-state index contributed by atoms with van der Waals surface area (Å²) in [4.78, 5) is 6.69. The average molecular weight is 259 g/mol. The lowest BCUT2D eigenvalue weighted by atomic mass is 10.1. The minimum Gasteiger partial charge on any atom is -0.396 e. The molecule has 1 saturated heterocycles. The highest BCUT2D eigenvalue weighted by molar-refractivity contribution is 5.54. The zero-order valence-electron chi connectivity index (χ0n) is 11.4. The van der Waals surface area contributed by atoms with Gasteiger partial charge in [0.15, 0.2) is 5.69 Å². The van der Waals surface area contributed by atoms with Gasteiger partial charge in [0.1, 0.15) is 11.9 Å². The first-order valence-corrected chi connectivity index (χ1v) is 6.85. The first-order chi connectivity index (χ1) is 9.20. The Morgan fingerprint density at radius 1 is 1.42 bits per heavy atom. The molecule has 0 saturated carbocycles. The van der Waals surface area contributed by atoms with Gasteiger partial charge in [0, 0.05) is 12.6 Å². The third-order valence-corrected chi connectivity index (χ3v) is 3.62. The molecule has 2 rings (SSSR count). The molecular formula is C14H21N5. The van der Waals surface area contributed by atoms with Crippen LogP contribution in [0.5, 0.6) is 0 Å². The van der Waals surface area contributed by atoms with Gasteiger partial charge in [-0.15, -0.1) is 0 Å². The molecule has 1 aliphatic rings. The van der Waals surface area contributed by atoms with Crippen molar-refractivity contribution in [2.75, 3.05) is 30.7 Å². The number of nitrogen functional groups attached to an aromatic ring is 1. The lowest BCUT2D eigenvalue weighted by molar-refractivity contribution is 0.180. The molecule has 0 aromatic carbocycles. The maximum Gasteiger partial charge on any atom is 0.165 e. The van der Waals surface area contributed by atoms with Crippen molar-refractivity contribution in [3.05, 3.63) is 17.8 Å². The van der Waals surface area contributed by atoms with Gasteiger partial charge in [-0.2, -0.15) is 5.26 Å². The van der Waals surface area contributed by atoms with E-state index in [4.69, 9.17) is 11.0 Å². The second-order valence-corrected chi connectivity index (χ2v) is 5.07. The molecule has 19 heavy (non-hydrogen) atoms. The molecule has 102 valence electrons. The monoisotopic (exact) mass is 259 g/mol. The van der Waals surface area contributed by atoms with E-state index < -0.39 is 0 Å². The number of nitrogens with two attached hydrogens (primary N) is 1. The maximum absolute atomic E-state index is 8.90. The standard InChI is InChI=1S/C14H21N5/c1-11(19-7-3-2-4-8-19)10-17-14-6-5-12(16)13(9-15)18-14/h5-6,11H,2-4,7-8,10,16H2,1H3,(H,17,18). The fourth-order valence-corrected chi connectivity index (χ4v) is 2.40. The number of nitriles is 1. The number of hydrogen-bond donors (Lipinski definition) is 2. The molecule has 3 N–H and O–H groups in total. The summed E-state index contributed by atoms with van der Waals surface area (Å²) in [6, 6.07) is 6.02. The predicted molar refractivity (Wildman–Crippen MR) is 76.7 cm³/mol. The van der Waals surface area contributed by atoms with E-state index in [2.05, 4.69) is 22.1 Å². The Morgan fingerprint density at radius 3 is 2.84 bits per heavy atom. The van der Waals surface area contributed by atoms with Gasteiger partial charge in [-0.3, -0.25) is 4.90 Å². The number of nitrogens with zero attached hydrogens (tertiary/aromatic N) is 3. The van der Waals surface area contributed by atoms with E-state index in [-0.39, 0.29) is 5.69 Å². The Balaban J connectivity index is 1.89. The van der Waals surface area contributed by atoms with Crippen LogP contribution in [0.1, 0.15) is 31.9 Å². The van der Waals surface area contributed by atoms with Crippen molar-refractivity contribution in [1.29, 1.82) is 5.26 Å². The first kappa shape index (κ1) is 13.6. The minimum absolute atomic E-state index is 0.288. The van der Waals surface area contributed by atoms with E-state index in [1.807, 2.05) is 12.1 Å². The Hall–Kier alpha value is -1.80. The van der Waals surface area contributed by atoms with Crippen LogP contribution in [0, 0.1) is 11.3 Å². The lowest BCUT2D eigenvalue weighted by Gasteiger charge is -2.32. The normalized spacial score (nSPS) is 17.7. The largest absolute Gasteiger partial charge is 0.396 e. The Bertz CT molecular complexity index is 459. The molecule has 1 aromatic heterocycles.